The summed E-state index contributed by atoms with van der Waals surface area (Å²) in [5.41, 5.74) is 0. The van der Waals surface area contributed by atoms with Gasteiger partial charge >= 0.3 is 0 Å². The molecule has 0 nitrogen and oxygen atoms in total. The van der Waals surface area contributed by atoms with Crippen LogP contribution in [0.25, 0.3) is 0 Å². The van der Waals surface area contributed by atoms with E-state index in [2.05, 4.69) is 6.92 Å². The molecule has 0 saturated heterocycles. The van der Waals surface area contributed by atoms with Crippen molar-refractivity contribution in [3.63, 3.8) is 0 Å². The Morgan fingerprint density at radius 2 is 1.89 bits per heavy atom. The summed E-state index contributed by atoms with van der Waals surface area (Å²) in [6, 6.07) is 0. The summed E-state index contributed by atoms with van der Waals surface area (Å²) >= 11 is 0. The molecule has 1 fully saturated rings. The van der Waals surface area contributed by atoms with E-state index in [4.69, 9.17) is 0 Å². The molecule has 2 unspecified atom stereocenters. The number of rotatable bonds is 0. The Morgan fingerprint density at radius 1 is 1.22 bits per heavy atom. The van der Waals surface area contributed by atoms with Gasteiger partial charge in [0.05, 0.1) is 0 Å². The minimum absolute atomic E-state index is 0.314. The Morgan fingerprint density at radius 3 is 2.33 bits per heavy atom. The van der Waals surface area contributed by atoms with Crippen LogP contribution in [-0.4, -0.2) is 6.17 Å². The summed E-state index contributed by atoms with van der Waals surface area (Å²) in [5.74, 6) is 1.07. The lowest BCUT2D eigenvalue weighted by Crippen LogP contribution is -2.22. The molecule has 0 amide bonds. The number of alkyl halides is 1. The maximum absolute atomic E-state index is 12.8. The SMILES string of the molecule is CC1CCC(F)[C@H](C)C1. The van der Waals surface area contributed by atoms with Gasteiger partial charge in [-0.25, -0.2) is 4.39 Å². The van der Waals surface area contributed by atoms with E-state index in [0.717, 1.165) is 25.2 Å². The monoisotopic (exact) mass is 130 g/mol. The molecule has 0 aliphatic heterocycles. The van der Waals surface area contributed by atoms with Gasteiger partial charge < -0.3 is 0 Å². The van der Waals surface area contributed by atoms with Crippen molar-refractivity contribution in [1.82, 2.24) is 0 Å². The van der Waals surface area contributed by atoms with Crippen molar-refractivity contribution in [2.24, 2.45) is 11.8 Å². The van der Waals surface area contributed by atoms with E-state index >= 15 is 0 Å². The van der Waals surface area contributed by atoms with Gasteiger partial charge in [0.2, 0.25) is 0 Å². The first-order chi connectivity index (χ1) is 4.20. The third-order valence-electron chi connectivity index (χ3n) is 2.33. The molecule has 54 valence electrons. The van der Waals surface area contributed by atoms with E-state index in [9.17, 15) is 4.39 Å². The Kier molecular flexibility index (Phi) is 2.09. The van der Waals surface area contributed by atoms with Crippen molar-refractivity contribution in [2.45, 2.75) is 39.3 Å². The van der Waals surface area contributed by atoms with Crippen LogP contribution in [-0.2, 0) is 0 Å². The molecule has 0 N–H and O–H groups in total. The maximum atomic E-state index is 12.8. The van der Waals surface area contributed by atoms with E-state index in [1.807, 2.05) is 6.92 Å². The molecule has 1 rings (SSSR count). The third kappa shape index (κ3) is 1.67. The van der Waals surface area contributed by atoms with Crippen LogP contribution in [0.3, 0.4) is 0 Å². The second-order valence-electron chi connectivity index (χ2n) is 3.41. The van der Waals surface area contributed by atoms with Crippen molar-refractivity contribution in [1.29, 1.82) is 0 Å². The van der Waals surface area contributed by atoms with E-state index in [1.165, 1.54) is 0 Å². The summed E-state index contributed by atoms with van der Waals surface area (Å²) in [4.78, 5) is 0. The molecule has 0 aromatic carbocycles. The van der Waals surface area contributed by atoms with Crippen LogP contribution < -0.4 is 0 Å². The highest BCUT2D eigenvalue weighted by molar-refractivity contribution is 4.74. The highest BCUT2D eigenvalue weighted by Gasteiger charge is 2.24. The van der Waals surface area contributed by atoms with Crippen LogP contribution in [0.1, 0.15) is 33.1 Å². The average molecular weight is 130 g/mol. The number of halogens is 1. The first-order valence-electron chi connectivity index (χ1n) is 3.84. The second-order valence-corrected chi connectivity index (χ2v) is 3.41. The number of hydrogen-bond acceptors (Lipinski definition) is 0. The van der Waals surface area contributed by atoms with Gasteiger partial charge in [0.15, 0.2) is 0 Å². The Hall–Kier alpha value is -0.0700. The second kappa shape index (κ2) is 2.68. The quantitative estimate of drug-likeness (QED) is 0.473. The van der Waals surface area contributed by atoms with Crippen LogP contribution in [0.5, 0.6) is 0 Å². The van der Waals surface area contributed by atoms with Gasteiger partial charge in [-0.15, -0.1) is 0 Å². The lowest BCUT2D eigenvalue weighted by atomic mass is 9.82. The summed E-state index contributed by atoms with van der Waals surface area (Å²) < 4.78 is 12.8. The molecule has 0 bridgehead atoms. The fraction of sp³-hybridized carbons (Fsp3) is 1.00. The van der Waals surface area contributed by atoms with Crippen LogP contribution >= 0.6 is 0 Å². The molecule has 0 aromatic heterocycles. The van der Waals surface area contributed by atoms with E-state index in [0.29, 0.717) is 5.92 Å². The molecule has 1 saturated carbocycles. The molecule has 1 heteroatoms. The van der Waals surface area contributed by atoms with Crippen molar-refractivity contribution >= 4 is 0 Å². The van der Waals surface area contributed by atoms with Gasteiger partial charge in [-0.1, -0.05) is 13.8 Å². The molecule has 0 aromatic rings. The maximum Gasteiger partial charge on any atom is 0.103 e. The lowest BCUT2D eigenvalue weighted by molar-refractivity contribution is 0.147. The van der Waals surface area contributed by atoms with E-state index in [1.54, 1.807) is 0 Å². The summed E-state index contributed by atoms with van der Waals surface area (Å²) in [6.45, 7) is 4.22. The summed E-state index contributed by atoms with van der Waals surface area (Å²) in [7, 11) is 0. The predicted octanol–water partition coefficient (Wildman–Crippen LogP) is 2.78. The Bertz CT molecular complexity index is 90.6. The Balaban J connectivity index is 2.35. The molecule has 0 radical (unpaired) electrons. The van der Waals surface area contributed by atoms with E-state index < -0.39 is 6.17 Å². The number of hydrogen-bond donors (Lipinski definition) is 0. The summed E-state index contributed by atoms with van der Waals surface area (Å²) in [5, 5.41) is 0. The van der Waals surface area contributed by atoms with Crippen molar-refractivity contribution in [3.8, 4) is 0 Å². The third-order valence-corrected chi connectivity index (χ3v) is 2.33. The zero-order valence-electron chi connectivity index (χ0n) is 6.23. The zero-order valence-corrected chi connectivity index (χ0v) is 6.23. The molecule has 3 atom stereocenters. The molecule has 1 aliphatic rings. The van der Waals surface area contributed by atoms with Crippen LogP contribution in [0.15, 0.2) is 0 Å². The first kappa shape index (κ1) is 7.04. The Labute approximate surface area is 56.5 Å². The lowest BCUT2D eigenvalue weighted by Gasteiger charge is -2.26. The van der Waals surface area contributed by atoms with Gasteiger partial charge in [0.25, 0.3) is 0 Å². The predicted molar refractivity (Wildman–Crippen MR) is 37.1 cm³/mol. The molecule has 0 spiro atoms. The van der Waals surface area contributed by atoms with Crippen molar-refractivity contribution in [2.75, 3.05) is 0 Å². The van der Waals surface area contributed by atoms with E-state index in [-0.39, 0.29) is 0 Å². The summed E-state index contributed by atoms with van der Waals surface area (Å²) in [6.07, 6.45) is 2.45. The molecule has 1 aliphatic carbocycles. The van der Waals surface area contributed by atoms with Crippen molar-refractivity contribution in [3.05, 3.63) is 0 Å². The smallest absolute Gasteiger partial charge is 0.103 e. The fourth-order valence-electron chi connectivity index (χ4n) is 1.63. The first-order valence-corrected chi connectivity index (χ1v) is 3.84. The van der Waals surface area contributed by atoms with Crippen LogP contribution in [0.2, 0.25) is 0 Å². The highest BCUT2D eigenvalue weighted by Crippen LogP contribution is 2.30. The average Bonchev–Trinajstić information content (AvgIpc) is 1.80. The molecule has 9 heavy (non-hydrogen) atoms. The minimum atomic E-state index is -0.513. The zero-order chi connectivity index (χ0) is 6.85. The van der Waals surface area contributed by atoms with Crippen molar-refractivity contribution < 1.29 is 4.39 Å². The normalized spacial score (nSPS) is 45.0. The molecule has 0 heterocycles. The van der Waals surface area contributed by atoms with Gasteiger partial charge in [-0.05, 0) is 31.1 Å². The van der Waals surface area contributed by atoms with Crippen LogP contribution in [0, 0.1) is 11.8 Å². The molecular weight excluding hydrogens is 115 g/mol. The largest absolute Gasteiger partial charge is 0.247 e. The minimum Gasteiger partial charge on any atom is -0.247 e. The topological polar surface area (TPSA) is 0 Å². The highest BCUT2D eigenvalue weighted by atomic mass is 19.1. The van der Waals surface area contributed by atoms with Gasteiger partial charge in [0, 0.05) is 0 Å². The fourth-order valence-corrected chi connectivity index (χ4v) is 1.63. The standard InChI is InChI=1S/C8H15F/c1-6-3-4-8(9)7(2)5-6/h6-8H,3-5H2,1-2H3/t6?,7-,8?/m1/s1. The molecular formula is C8H15F. The van der Waals surface area contributed by atoms with Gasteiger partial charge in [0.1, 0.15) is 6.17 Å². The van der Waals surface area contributed by atoms with Crippen LogP contribution in [0.4, 0.5) is 4.39 Å². The van der Waals surface area contributed by atoms with Gasteiger partial charge in [-0.2, -0.15) is 0 Å². The van der Waals surface area contributed by atoms with Gasteiger partial charge in [-0.3, -0.25) is 0 Å².